The molecular weight excluding hydrogens is 415 g/mol. The van der Waals surface area contributed by atoms with E-state index in [1.165, 1.54) is 0 Å². The summed E-state index contributed by atoms with van der Waals surface area (Å²) in [6.45, 7) is 0. The summed E-state index contributed by atoms with van der Waals surface area (Å²) >= 11 is 0. The fourth-order valence-electron chi connectivity index (χ4n) is 2.46. The van der Waals surface area contributed by atoms with Crippen LogP contribution in [0.4, 0.5) is 39.5 Å². The van der Waals surface area contributed by atoms with Crippen molar-refractivity contribution < 1.29 is 59.0 Å². The molecule has 0 saturated carbocycles. The molecule has 28 heavy (non-hydrogen) atoms. The molecule has 0 aliphatic heterocycles. The van der Waals surface area contributed by atoms with Gasteiger partial charge in [-0.2, -0.15) is 39.5 Å². The first-order valence-corrected chi connectivity index (χ1v) is 7.00. The van der Waals surface area contributed by atoms with E-state index in [1.807, 2.05) is 0 Å². The van der Waals surface area contributed by atoms with E-state index >= 15 is 0 Å². The Hall–Kier alpha value is -2.44. The van der Waals surface area contributed by atoms with Crippen LogP contribution in [0.1, 0.15) is 38.3 Å². The van der Waals surface area contributed by atoms with Crippen LogP contribution >= 0.6 is 0 Å². The molecule has 156 valence electrons. The van der Waals surface area contributed by atoms with Crippen LogP contribution in [0.15, 0.2) is 12.1 Å². The molecule has 0 fully saturated rings. The lowest BCUT2D eigenvalue weighted by atomic mass is 9.96. The number of fused-ring (bicyclic) bond motifs is 1. The van der Waals surface area contributed by atoms with Gasteiger partial charge in [-0.15, -0.1) is 0 Å². The summed E-state index contributed by atoms with van der Waals surface area (Å²) in [4.78, 5) is 34.9. The van der Waals surface area contributed by atoms with Crippen molar-refractivity contribution in [2.45, 2.75) is 24.9 Å². The molecule has 4 nitrogen and oxygen atoms in total. The summed E-state index contributed by atoms with van der Waals surface area (Å²) in [6.07, 6.45) is -18.0. The molecule has 1 aromatic carbocycles. The molecule has 1 aliphatic carbocycles. The second-order valence-corrected chi connectivity index (χ2v) is 5.35. The molecule has 1 N–H and O–H groups in total. The fraction of sp³-hybridized carbons (Fsp3) is 0.400. The van der Waals surface area contributed by atoms with Crippen molar-refractivity contribution in [2.75, 3.05) is 7.11 Å². The molecule has 0 saturated heterocycles. The molecule has 2 rings (SSSR count). The molecule has 0 amide bonds. The van der Waals surface area contributed by atoms with Crippen LogP contribution in [-0.4, -0.2) is 35.7 Å². The number of rotatable bonds is 2. The van der Waals surface area contributed by atoms with Gasteiger partial charge >= 0.3 is 18.5 Å². The van der Waals surface area contributed by atoms with Crippen LogP contribution in [-0.2, 0) is 17.1 Å². The summed E-state index contributed by atoms with van der Waals surface area (Å²) in [5.41, 5.74) is -6.76. The molecule has 0 bridgehead atoms. The molecule has 0 aromatic heterocycles. The standard InChI is InChI=1S/C14H5F9O3.CH4O/c15-12(16,17)4-1-5-9(7(2-4)13(18,19)20)11(26)6(10(5)25)3-8(24)14(21,22)23;1-2/h1-2,6H,3H2;2H,1H3. The average molecular weight is 424 g/mol. The number of benzene rings is 1. The van der Waals surface area contributed by atoms with Crippen LogP contribution in [0.3, 0.4) is 0 Å². The van der Waals surface area contributed by atoms with Crippen molar-refractivity contribution in [2.24, 2.45) is 5.92 Å². The third-order valence-corrected chi connectivity index (χ3v) is 3.62. The average Bonchev–Trinajstić information content (AvgIpc) is 2.78. The first kappa shape index (κ1) is 23.6. The van der Waals surface area contributed by atoms with Gasteiger partial charge in [0.15, 0.2) is 11.6 Å². The molecule has 1 aromatic rings. The largest absolute Gasteiger partial charge is 0.450 e. The van der Waals surface area contributed by atoms with Crippen molar-refractivity contribution >= 4 is 17.3 Å². The van der Waals surface area contributed by atoms with E-state index in [4.69, 9.17) is 5.11 Å². The molecule has 13 heteroatoms. The van der Waals surface area contributed by atoms with Crippen LogP contribution in [0, 0.1) is 5.92 Å². The minimum absolute atomic E-state index is 0.0388. The van der Waals surface area contributed by atoms with Gasteiger partial charge in [0.1, 0.15) is 0 Å². The zero-order valence-corrected chi connectivity index (χ0v) is 13.5. The van der Waals surface area contributed by atoms with Gasteiger partial charge in [0.2, 0.25) is 5.78 Å². The number of alkyl halides is 9. The van der Waals surface area contributed by atoms with Gasteiger partial charge in [-0.05, 0) is 12.1 Å². The highest BCUT2D eigenvalue weighted by Gasteiger charge is 2.50. The van der Waals surface area contributed by atoms with E-state index in [0.29, 0.717) is 0 Å². The quantitative estimate of drug-likeness (QED) is 0.579. The molecule has 1 atom stereocenters. The topological polar surface area (TPSA) is 71.4 Å². The van der Waals surface area contributed by atoms with Crippen LogP contribution in [0.2, 0.25) is 0 Å². The smallest absolute Gasteiger partial charge is 0.400 e. The lowest BCUT2D eigenvalue weighted by Crippen LogP contribution is -2.29. The van der Waals surface area contributed by atoms with Gasteiger partial charge < -0.3 is 5.11 Å². The number of ketones is 3. The highest BCUT2D eigenvalue weighted by Crippen LogP contribution is 2.43. The van der Waals surface area contributed by atoms with Gasteiger partial charge in [-0.25, -0.2) is 0 Å². The van der Waals surface area contributed by atoms with E-state index in [-0.39, 0.29) is 6.07 Å². The predicted octanol–water partition coefficient (Wildman–Crippen LogP) is 3.85. The molecule has 0 spiro atoms. The Labute approximate surface area is 149 Å². The first-order chi connectivity index (χ1) is 12.5. The summed E-state index contributed by atoms with van der Waals surface area (Å²) < 4.78 is 114. The Morgan fingerprint density at radius 3 is 1.79 bits per heavy atom. The first-order valence-electron chi connectivity index (χ1n) is 7.00. The Bertz CT molecular complexity index is 803. The number of halogens is 9. The Morgan fingerprint density at radius 1 is 0.893 bits per heavy atom. The number of carbonyl (C=O) groups excluding carboxylic acids is 3. The maximum atomic E-state index is 13.0. The highest BCUT2D eigenvalue weighted by molar-refractivity contribution is 6.28. The Kier molecular flexibility index (Phi) is 6.34. The molecule has 0 radical (unpaired) electrons. The van der Waals surface area contributed by atoms with Crippen LogP contribution in [0.5, 0.6) is 0 Å². The van der Waals surface area contributed by atoms with Crippen LogP contribution in [0.25, 0.3) is 0 Å². The van der Waals surface area contributed by atoms with Gasteiger partial charge in [0, 0.05) is 24.7 Å². The van der Waals surface area contributed by atoms with E-state index in [2.05, 4.69) is 0 Å². The molecule has 1 aliphatic rings. The van der Waals surface area contributed by atoms with Crippen LogP contribution < -0.4 is 0 Å². The predicted molar refractivity (Wildman–Crippen MR) is 72.4 cm³/mol. The van der Waals surface area contributed by atoms with E-state index in [9.17, 15) is 53.9 Å². The number of aliphatic hydroxyl groups excluding tert-OH is 1. The molecule has 1 unspecified atom stereocenters. The number of aliphatic hydroxyl groups is 1. The zero-order chi connectivity index (χ0) is 22.2. The summed E-state index contributed by atoms with van der Waals surface area (Å²) in [7, 11) is 1.00. The second-order valence-electron chi connectivity index (χ2n) is 5.35. The molecular formula is C15H9F9O4. The van der Waals surface area contributed by atoms with Crippen molar-refractivity contribution in [1.29, 1.82) is 0 Å². The third kappa shape index (κ3) is 4.51. The Morgan fingerprint density at radius 2 is 1.39 bits per heavy atom. The highest BCUT2D eigenvalue weighted by atomic mass is 19.4. The SMILES string of the molecule is CO.O=C1c2cc(C(F)(F)F)cc(C(F)(F)F)c2C(=O)C1CC(=O)C(F)(F)F. The van der Waals surface area contributed by atoms with Gasteiger partial charge in [-0.3, -0.25) is 14.4 Å². The monoisotopic (exact) mass is 424 g/mol. The van der Waals surface area contributed by atoms with Gasteiger partial charge in [0.25, 0.3) is 0 Å². The van der Waals surface area contributed by atoms with E-state index < -0.39 is 76.5 Å². The number of hydrogen-bond acceptors (Lipinski definition) is 4. The normalized spacial score (nSPS) is 17.2. The lowest BCUT2D eigenvalue weighted by molar-refractivity contribution is -0.171. The number of carbonyl (C=O) groups is 3. The van der Waals surface area contributed by atoms with E-state index in [0.717, 1.165) is 7.11 Å². The third-order valence-electron chi connectivity index (χ3n) is 3.62. The van der Waals surface area contributed by atoms with Crippen molar-refractivity contribution in [3.63, 3.8) is 0 Å². The lowest BCUT2D eigenvalue weighted by Gasteiger charge is -2.14. The maximum Gasteiger partial charge on any atom is 0.450 e. The second kappa shape index (κ2) is 7.53. The van der Waals surface area contributed by atoms with Crippen molar-refractivity contribution in [3.05, 3.63) is 34.4 Å². The fourth-order valence-corrected chi connectivity index (χ4v) is 2.46. The minimum atomic E-state index is -5.48. The summed E-state index contributed by atoms with van der Waals surface area (Å²) in [5.74, 6) is -8.48. The number of Topliss-reactive ketones (excluding diaryl/α,β-unsaturated/α-hetero) is 3. The van der Waals surface area contributed by atoms with Crippen molar-refractivity contribution in [1.82, 2.24) is 0 Å². The van der Waals surface area contributed by atoms with Gasteiger partial charge in [-0.1, -0.05) is 0 Å². The van der Waals surface area contributed by atoms with Crippen molar-refractivity contribution in [3.8, 4) is 0 Å². The Balaban J connectivity index is 0.00000190. The summed E-state index contributed by atoms with van der Waals surface area (Å²) in [6, 6.07) is -0.444. The zero-order valence-electron chi connectivity index (χ0n) is 13.5. The number of hydrogen-bond donors (Lipinski definition) is 1. The summed E-state index contributed by atoms with van der Waals surface area (Å²) in [5, 5.41) is 7.00. The van der Waals surface area contributed by atoms with E-state index in [1.54, 1.807) is 0 Å². The van der Waals surface area contributed by atoms with Gasteiger partial charge in [0.05, 0.1) is 17.0 Å². The minimum Gasteiger partial charge on any atom is -0.400 e. The maximum absolute atomic E-state index is 13.0. The molecule has 0 heterocycles.